The molecule has 1 aliphatic rings. The van der Waals surface area contributed by atoms with Gasteiger partial charge in [-0.3, -0.25) is 25.2 Å². The van der Waals surface area contributed by atoms with Crippen LogP contribution in [0, 0.1) is 5.41 Å². The molecule has 0 aromatic carbocycles. The predicted octanol–water partition coefficient (Wildman–Crippen LogP) is 2.49. The Labute approximate surface area is 152 Å². The first-order valence-electron chi connectivity index (χ1n) is 8.42. The largest absolute Gasteiger partial charge is 0.327 e. The van der Waals surface area contributed by atoms with Crippen LogP contribution in [0.3, 0.4) is 0 Å². The third-order valence-electron chi connectivity index (χ3n) is 4.82. The Balaban J connectivity index is 1.98. The Morgan fingerprint density at radius 1 is 1.36 bits per heavy atom. The van der Waals surface area contributed by atoms with Gasteiger partial charge in [-0.1, -0.05) is 33.4 Å². The highest BCUT2D eigenvalue weighted by atomic mass is 32.1. The molecule has 1 atom stereocenters. The number of carbonyl (C=O) groups is 3. The zero-order valence-corrected chi connectivity index (χ0v) is 15.7. The van der Waals surface area contributed by atoms with E-state index in [1.54, 1.807) is 22.4 Å². The fraction of sp³-hybridized carbons (Fsp3) is 0.500. The zero-order chi connectivity index (χ0) is 18.6. The summed E-state index contributed by atoms with van der Waals surface area (Å²) in [6.45, 7) is 10.4. The maximum atomic E-state index is 12.8. The first-order valence-corrected chi connectivity index (χ1v) is 9.30. The van der Waals surface area contributed by atoms with Crippen LogP contribution in [0.15, 0.2) is 29.7 Å². The SMILES string of the molecule is C=C(C(=O)N1CCC[C@H]1C(=O)NNC(=O)c1cccs1)C(C)(C)CC. The van der Waals surface area contributed by atoms with Crippen molar-refractivity contribution in [2.45, 2.75) is 46.1 Å². The van der Waals surface area contributed by atoms with Gasteiger partial charge in [-0.25, -0.2) is 0 Å². The van der Waals surface area contributed by atoms with Crippen LogP contribution in [-0.2, 0) is 9.59 Å². The van der Waals surface area contributed by atoms with Crippen molar-refractivity contribution in [2.24, 2.45) is 5.41 Å². The highest BCUT2D eigenvalue weighted by Crippen LogP contribution is 2.32. The van der Waals surface area contributed by atoms with Gasteiger partial charge in [0.25, 0.3) is 11.8 Å². The highest BCUT2D eigenvalue weighted by molar-refractivity contribution is 7.12. The Kier molecular flexibility index (Phi) is 6.00. The van der Waals surface area contributed by atoms with E-state index in [4.69, 9.17) is 0 Å². The van der Waals surface area contributed by atoms with Crippen LogP contribution in [-0.4, -0.2) is 35.2 Å². The summed E-state index contributed by atoms with van der Waals surface area (Å²) in [4.78, 5) is 39.2. The van der Waals surface area contributed by atoms with E-state index in [0.29, 0.717) is 23.4 Å². The lowest BCUT2D eigenvalue weighted by molar-refractivity contribution is -0.136. The van der Waals surface area contributed by atoms with Crippen molar-refractivity contribution in [3.63, 3.8) is 0 Å². The van der Waals surface area contributed by atoms with Gasteiger partial charge < -0.3 is 4.90 Å². The average molecular weight is 363 g/mol. The van der Waals surface area contributed by atoms with Crippen molar-refractivity contribution < 1.29 is 14.4 Å². The summed E-state index contributed by atoms with van der Waals surface area (Å²) in [5.74, 6) is -0.928. The molecule has 1 aliphatic heterocycles. The molecular formula is C18H25N3O3S. The van der Waals surface area contributed by atoms with Gasteiger partial charge in [0.2, 0.25) is 5.91 Å². The first kappa shape index (κ1) is 19.2. The van der Waals surface area contributed by atoms with E-state index in [-0.39, 0.29) is 23.1 Å². The second-order valence-electron chi connectivity index (χ2n) is 6.79. The van der Waals surface area contributed by atoms with Crippen LogP contribution in [0.5, 0.6) is 0 Å². The molecule has 0 radical (unpaired) electrons. The van der Waals surface area contributed by atoms with Gasteiger partial charge in [0.1, 0.15) is 6.04 Å². The molecule has 0 saturated carbocycles. The third-order valence-corrected chi connectivity index (χ3v) is 5.69. The van der Waals surface area contributed by atoms with Crippen molar-refractivity contribution in [3.05, 3.63) is 34.5 Å². The number of hydrazine groups is 1. The molecule has 1 fully saturated rings. The number of nitrogens with one attached hydrogen (secondary N) is 2. The third kappa shape index (κ3) is 4.28. The van der Waals surface area contributed by atoms with Crippen molar-refractivity contribution in [3.8, 4) is 0 Å². The number of likely N-dealkylation sites (tertiary alicyclic amines) is 1. The molecule has 6 nitrogen and oxygen atoms in total. The summed E-state index contributed by atoms with van der Waals surface area (Å²) in [6, 6.07) is 2.86. The normalized spacial score (nSPS) is 17.2. The summed E-state index contributed by atoms with van der Waals surface area (Å²) in [5, 5.41) is 1.79. The standard InChI is InChI=1S/C18H25N3O3S/c1-5-18(3,4)12(2)17(24)21-10-6-8-13(21)15(22)19-20-16(23)14-9-7-11-25-14/h7,9,11,13H,2,5-6,8,10H2,1,3-4H3,(H,19,22)(H,20,23)/t13-/m0/s1. The molecule has 2 N–H and O–H groups in total. The minimum atomic E-state index is -0.583. The second kappa shape index (κ2) is 7.82. The van der Waals surface area contributed by atoms with E-state index >= 15 is 0 Å². The van der Waals surface area contributed by atoms with Gasteiger partial charge in [0.05, 0.1) is 4.88 Å². The van der Waals surface area contributed by atoms with E-state index in [9.17, 15) is 14.4 Å². The maximum absolute atomic E-state index is 12.8. The van der Waals surface area contributed by atoms with Crippen LogP contribution in [0.4, 0.5) is 0 Å². The van der Waals surface area contributed by atoms with Gasteiger partial charge in [-0.2, -0.15) is 0 Å². The molecule has 25 heavy (non-hydrogen) atoms. The Morgan fingerprint density at radius 2 is 2.08 bits per heavy atom. The predicted molar refractivity (Wildman–Crippen MR) is 97.9 cm³/mol. The molecule has 2 heterocycles. The number of amides is 3. The number of carbonyl (C=O) groups excluding carboxylic acids is 3. The summed E-state index contributed by atoms with van der Waals surface area (Å²) < 4.78 is 0. The topological polar surface area (TPSA) is 78.5 Å². The van der Waals surface area contributed by atoms with Crippen LogP contribution < -0.4 is 10.9 Å². The van der Waals surface area contributed by atoms with Crippen LogP contribution in [0.2, 0.25) is 0 Å². The molecule has 2 rings (SSSR count). The lowest BCUT2D eigenvalue weighted by Gasteiger charge is -2.31. The summed E-state index contributed by atoms with van der Waals surface area (Å²) >= 11 is 1.29. The Bertz CT molecular complexity index is 667. The molecule has 0 bridgehead atoms. The van der Waals surface area contributed by atoms with Crippen LogP contribution >= 0.6 is 11.3 Å². The van der Waals surface area contributed by atoms with Gasteiger partial charge in [-0.05, 0) is 36.1 Å². The van der Waals surface area contributed by atoms with Gasteiger partial charge in [0, 0.05) is 12.1 Å². The van der Waals surface area contributed by atoms with Crippen molar-refractivity contribution in [1.29, 1.82) is 0 Å². The molecule has 136 valence electrons. The van der Waals surface area contributed by atoms with E-state index < -0.39 is 6.04 Å². The molecule has 0 aliphatic carbocycles. The van der Waals surface area contributed by atoms with E-state index in [0.717, 1.165) is 12.8 Å². The molecule has 0 spiro atoms. The average Bonchev–Trinajstić information content (AvgIpc) is 3.29. The fourth-order valence-electron chi connectivity index (χ4n) is 2.63. The van der Waals surface area contributed by atoms with Gasteiger partial charge in [0.15, 0.2) is 0 Å². The Morgan fingerprint density at radius 3 is 2.68 bits per heavy atom. The molecule has 1 aromatic rings. The molecule has 1 aromatic heterocycles. The number of nitrogens with zero attached hydrogens (tertiary/aromatic N) is 1. The van der Waals surface area contributed by atoms with Gasteiger partial charge in [-0.15, -0.1) is 11.3 Å². The fourth-order valence-corrected chi connectivity index (χ4v) is 3.25. The monoisotopic (exact) mass is 363 g/mol. The molecule has 7 heteroatoms. The van der Waals surface area contributed by atoms with Crippen LogP contribution in [0.1, 0.15) is 49.7 Å². The summed E-state index contributed by atoms with van der Waals surface area (Å²) in [6.07, 6.45) is 2.12. The maximum Gasteiger partial charge on any atom is 0.279 e. The molecule has 1 saturated heterocycles. The second-order valence-corrected chi connectivity index (χ2v) is 7.74. The number of hydrogen-bond donors (Lipinski definition) is 2. The number of hydrogen-bond acceptors (Lipinski definition) is 4. The van der Waals surface area contributed by atoms with Crippen LogP contribution in [0.25, 0.3) is 0 Å². The van der Waals surface area contributed by atoms with Gasteiger partial charge >= 0.3 is 0 Å². The number of thiophene rings is 1. The lowest BCUT2D eigenvalue weighted by atomic mass is 9.82. The number of rotatable bonds is 5. The van der Waals surface area contributed by atoms with Crippen molar-refractivity contribution in [2.75, 3.05) is 6.54 Å². The first-order chi connectivity index (χ1) is 11.8. The molecule has 0 unspecified atom stereocenters. The molecular weight excluding hydrogens is 338 g/mol. The van der Waals surface area contributed by atoms with Crippen molar-refractivity contribution in [1.82, 2.24) is 15.8 Å². The molecule has 3 amide bonds. The quantitative estimate of drug-likeness (QED) is 0.623. The minimum absolute atomic E-state index is 0.186. The van der Waals surface area contributed by atoms with E-state index in [1.165, 1.54) is 11.3 Å². The summed E-state index contributed by atoms with van der Waals surface area (Å²) in [7, 11) is 0. The highest BCUT2D eigenvalue weighted by Gasteiger charge is 2.38. The smallest absolute Gasteiger partial charge is 0.279 e. The van der Waals surface area contributed by atoms with Crippen molar-refractivity contribution >= 4 is 29.1 Å². The summed E-state index contributed by atoms with van der Waals surface area (Å²) in [5.41, 5.74) is 5.04. The van der Waals surface area contributed by atoms with E-state index in [2.05, 4.69) is 17.4 Å². The van der Waals surface area contributed by atoms with E-state index in [1.807, 2.05) is 20.8 Å². The minimum Gasteiger partial charge on any atom is -0.327 e. The Hall–Kier alpha value is -2.15. The lowest BCUT2D eigenvalue weighted by Crippen LogP contribution is -2.52. The zero-order valence-electron chi connectivity index (χ0n) is 14.9.